The van der Waals surface area contributed by atoms with E-state index in [1.807, 2.05) is 0 Å². The van der Waals surface area contributed by atoms with Gasteiger partial charge in [0.2, 0.25) is 5.91 Å². The lowest BCUT2D eigenvalue weighted by Gasteiger charge is -2.10. The van der Waals surface area contributed by atoms with E-state index in [2.05, 4.69) is 15.0 Å². The molecule has 0 saturated heterocycles. The molecule has 0 aliphatic carbocycles. The van der Waals surface area contributed by atoms with Crippen molar-refractivity contribution in [3.63, 3.8) is 0 Å². The molecule has 0 aromatic heterocycles. The van der Waals surface area contributed by atoms with E-state index in [1.54, 1.807) is 0 Å². The van der Waals surface area contributed by atoms with Gasteiger partial charge in [0.1, 0.15) is 6.04 Å². The van der Waals surface area contributed by atoms with Crippen LogP contribution < -0.4 is 5.32 Å². The van der Waals surface area contributed by atoms with Crippen molar-refractivity contribution < 1.29 is 19.6 Å². The van der Waals surface area contributed by atoms with Gasteiger partial charge in [-0.2, -0.15) is 0 Å². The number of hydrogen-bond donors (Lipinski definition) is 2. The highest BCUT2D eigenvalue weighted by molar-refractivity contribution is 7.97. The summed E-state index contributed by atoms with van der Waals surface area (Å²) in [6.07, 6.45) is 0. The van der Waals surface area contributed by atoms with Crippen LogP contribution in [0.5, 0.6) is 0 Å². The zero-order chi connectivity index (χ0) is 15.8. The highest BCUT2D eigenvalue weighted by Crippen LogP contribution is 2.19. The molecule has 1 aromatic rings. The molecule has 0 radical (unpaired) electrons. The fourth-order valence-electron chi connectivity index (χ4n) is 1.24. The van der Waals surface area contributed by atoms with E-state index in [1.165, 1.54) is 31.2 Å². The number of carbonyl (C=O) groups is 2. The molecule has 2 N–H and O–H groups in total. The van der Waals surface area contributed by atoms with Gasteiger partial charge >= 0.3 is 5.97 Å². The van der Waals surface area contributed by atoms with E-state index in [-0.39, 0.29) is 11.4 Å². The zero-order valence-electron chi connectivity index (χ0n) is 10.9. The molecule has 21 heavy (non-hydrogen) atoms. The topological polar surface area (TPSA) is 134 Å². The first-order valence-electron chi connectivity index (χ1n) is 5.67. The molecular weight excluding hydrogens is 300 g/mol. The molecule has 1 rings (SSSR count). The highest BCUT2D eigenvalue weighted by atomic mass is 32.2. The summed E-state index contributed by atoms with van der Waals surface area (Å²) >= 11 is 0.866. The minimum atomic E-state index is -1.16. The maximum absolute atomic E-state index is 10.8. The summed E-state index contributed by atoms with van der Waals surface area (Å²) in [7, 11) is 0. The van der Waals surface area contributed by atoms with Crippen molar-refractivity contribution in [1.29, 1.82) is 0 Å². The third kappa shape index (κ3) is 5.99. The number of aliphatic carboxylic acids is 1. The van der Waals surface area contributed by atoms with Crippen molar-refractivity contribution in [2.75, 3.05) is 5.75 Å². The summed E-state index contributed by atoms with van der Waals surface area (Å²) in [6, 6.07) is 4.37. The average molecular weight is 312 g/mol. The standard InChI is InChI=1S/C11H12N4O5S/c1-7(16)12-10(11(17)18)6-21-14-13-8-2-4-9(5-3-8)15(19)20/h2-5,10H,6H2,1H3,(H,12,16)(H,17,18)/t10-/m1/s1. The number of carboxylic acid groups (broad SMARTS) is 1. The second kappa shape index (κ2) is 7.94. The number of amides is 1. The number of non-ortho nitro benzene ring substituents is 1. The molecule has 112 valence electrons. The van der Waals surface area contributed by atoms with Crippen molar-refractivity contribution in [3.05, 3.63) is 34.4 Å². The lowest BCUT2D eigenvalue weighted by Crippen LogP contribution is -2.41. The van der Waals surface area contributed by atoms with Gasteiger partial charge < -0.3 is 10.4 Å². The van der Waals surface area contributed by atoms with Gasteiger partial charge in [-0.25, -0.2) is 4.79 Å². The summed E-state index contributed by atoms with van der Waals surface area (Å²) < 4.78 is 3.70. The minimum Gasteiger partial charge on any atom is -0.480 e. The Hall–Kier alpha value is -2.49. The quantitative estimate of drug-likeness (QED) is 0.342. The Balaban J connectivity index is 2.51. The predicted octanol–water partition coefficient (Wildman–Crippen LogP) is 1.92. The van der Waals surface area contributed by atoms with Gasteiger partial charge in [-0.3, -0.25) is 14.9 Å². The van der Waals surface area contributed by atoms with Crippen molar-refractivity contribution in [3.8, 4) is 0 Å². The molecule has 0 spiro atoms. The molecule has 0 saturated carbocycles. The van der Waals surface area contributed by atoms with Gasteiger partial charge in [-0.05, 0) is 12.1 Å². The number of nitrogens with one attached hydrogen (secondary N) is 1. The van der Waals surface area contributed by atoms with Crippen LogP contribution in [0.1, 0.15) is 6.92 Å². The second-order valence-electron chi connectivity index (χ2n) is 3.84. The van der Waals surface area contributed by atoms with Gasteiger partial charge in [0.25, 0.3) is 5.69 Å². The first kappa shape index (κ1) is 16.6. The molecule has 1 aromatic carbocycles. The molecule has 0 aliphatic heterocycles. The fraction of sp³-hybridized carbons (Fsp3) is 0.273. The van der Waals surface area contributed by atoms with E-state index in [4.69, 9.17) is 5.11 Å². The van der Waals surface area contributed by atoms with Crippen molar-refractivity contribution >= 4 is 35.2 Å². The Morgan fingerprint density at radius 3 is 2.52 bits per heavy atom. The number of hydrogen-bond acceptors (Lipinski definition) is 7. The van der Waals surface area contributed by atoms with E-state index in [9.17, 15) is 19.7 Å². The number of benzene rings is 1. The van der Waals surface area contributed by atoms with Crippen LogP contribution in [0.2, 0.25) is 0 Å². The maximum Gasteiger partial charge on any atom is 0.327 e. The zero-order valence-corrected chi connectivity index (χ0v) is 11.7. The lowest BCUT2D eigenvalue weighted by molar-refractivity contribution is -0.384. The maximum atomic E-state index is 10.8. The summed E-state index contributed by atoms with van der Waals surface area (Å²) in [6.45, 7) is 1.22. The lowest BCUT2D eigenvalue weighted by atomic mass is 10.3. The van der Waals surface area contributed by atoms with Crippen LogP contribution in [0.15, 0.2) is 33.9 Å². The highest BCUT2D eigenvalue weighted by Gasteiger charge is 2.18. The SMILES string of the molecule is CC(=O)N[C@H](CSN=Nc1ccc([N+](=O)[O-])cc1)C(=O)O. The minimum absolute atomic E-state index is 0.0192. The molecule has 0 unspecified atom stereocenters. The molecular formula is C11H12N4O5S. The third-order valence-corrected chi connectivity index (χ3v) is 2.87. The van der Waals surface area contributed by atoms with Crippen LogP contribution in [-0.4, -0.2) is 33.7 Å². The molecule has 9 nitrogen and oxygen atoms in total. The van der Waals surface area contributed by atoms with Gasteiger partial charge in [-0.1, -0.05) is 0 Å². The number of carbonyl (C=O) groups excluding carboxylic acids is 1. The summed E-state index contributed by atoms with van der Waals surface area (Å²) in [4.78, 5) is 31.6. The summed E-state index contributed by atoms with van der Waals surface area (Å²) in [5, 5.41) is 25.4. The first-order valence-corrected chi connectivity index (χ1v) is 6.61. The van der Waals surface area contributed by atoms with Crippen LogP contribution in [0.25, 0.3) is 0 Å². The van der Waals surface area contributed by atoms with Gasteiger partial charge in [0.05, 0.1) is 10.6 Å². The molecule has 1 amide bonds. The van der Waals surface area contributed by atoms with Crippen LogP contribution >= 0.6 is 11.9 Å². The van der Waals surface area contributed by atoms with Gasteiger partial charge in [0.15, 0.2) is 0 Å². The van der Waals surface area contributed by atoms with Crippen LogP contribution in [0.4, 0.5) is 11.4 Å². The number of rotatable bonds is 7. The van der Waals surface area contributed by atoms with Crippen LogP contribution in [-0.2, 0) is 9.59 Å². The first-order chi connectivity index (χ1) is 9.90. The molecule has 0 fully saturated rings. The van der Waals surface area contributed by atoms with Gasteiger partial charge in [0, 0.05) is 36.8 Å². The number of nitro groups is 1. The summed E-state index contributed by atoms with van der Waals surface area (Å²) in [5.74, 6) is -1.59. The Labute approximate surface area is 123 Å². The van der Waals surface area contributed by atoms with Crippen molar-refractivity contribution in [1.82, 2.24) is 5.32 Å². The smallest absolute Gasteiger partial charge is 0.327 e. The van der Waals surface area contributed by atoms with E-state index < -0.39 is 22.8 Å². The molecule has 0 heterocycles. The van der Waals surface area contributed by atoms with E-state index in [0.717, 1.165) is 11.9 Å². The summed E-state index contributed by atoms with van der Waals surface area (Å²) in [5.41, 5.74) is 0.345. The third-order valence-electron chi connectivity index (χ3n) is 2.19. The number of nitro benzene ring substituents is 1. The Morgan fingerprint density at radius 1 is 1.43 bits per heavy atom. The molecule has 0 aliphatic rings. The normalized spacial score (nSPS) is 12.0. The predicted molar refractivity (Wildman–Crippen MR) is 75.3 cm³/mol. The van der Waals surface area contributed by atoms with Crippen LogP contribution in [0, 0.1) is 10.1 Å². The monoisotopic (exact) mass is 312 g/mol. The largest absolute Gasteiger partial charge is 0.480 e. The Bertz CT molecular complexity index is 560. The van der Waals surface area contributed by atoms with E-state index in [0.29, 0.717) is 5.69 Å². The molecule has 10 heteroatoms. The second-order valence-corrected chi connectivity index (χ2v) is 4.60. The number of carboxylic acids is 1. The Morgan fingerprint density at radius 2 is 2.05 bits per heavy atom. The number of nitrogens with zero attached hydrogens (tertiary/aromatic N) is 3. The fourth-order valence-corrected chi connectivity index (χ4v) is 1.84. The van der Waals surface area contributed by atoms with Crippen molar-refractivity contribution in [2.24, 2.45) is 9.63 Å². The Kier molecular flexibility index (Phi) is 6.27. The molecule has 0 bridgehead atoms. The van der Waals surface area contributed by atoms with E-state index >= 15 is 0 Å². The van der Waals surface area contributed by atoms with Crippen LogP contribution in [0.3, 0.4) is 0 Å². The molecule has 1 atom stereocenters. The average Bonchev–Trinajstić information content (AvgIpc) is 2.42. The van der Waals surface area contributed by atoms with Gasteiger partial charge in [-0.15, -0.1) is 9.63 Å². The van der Waals surface area contributed by atoms with Crippen molar-refractivity contribution in [2.45, 2.75) is 13.0 Å².